The highest BCUT2D eigenvalue weighted by atomic mass is 16.5. The van der Waals surface area contributed by atoms with Gasteiger partial charge in [-0.1, -0.05) is 18.2 Å². The molecule has 8 heteroatoms. The summed E-state index contributed by atoms with van der Waals surface area (Å²) in [5.74, 6) is 1.54. The first kappa shape index (κ1) is 21.6. The smallest absolute Gasteiger partial charge is 0.337 e. The fraction of sp³-hybridized carbons (Fsp3) is 0.174. The summed E-state index contributed by atoms with van der Waals surface area (Å²) in [6.45, 7) is 0. The average Bonchev–Trinajstić information content (AvgIpc) is 3.27. The molecule has 0 fully saturated rings. The summed E-state index contributed by atoms with van der Waals surface area (Å²) in [7, 11) is 4.43. The van der Waals surface area contributed by atoms with Crippen molar-refractivity contribution >= 4 is 18.1 Å². The molecule has 0 aliphatic rings. The Bertz CT molecular complexity index is 1090. The van der Waals surface area contributed by atoms with Crippen molar-refractivity contribution in [2.24, 2.45) is 5.10 Å². The molecule has 0 unspecified atom stereocenters. The van der Waals surface area contributed by atoms with Gasteiger partial charge in [0.25, 0.3) is 0 Å². The molecule has 0 spiro atoms. The monoisotopic (exact) mass is 422 g/mol. The fourth-order valence-corrected chi connectivity index (χ4v) is 2.85. The largest absolute Gasteiger partial charge is 0.493 e. The molecule has 1 N–H and O–H groups in total. The van der Waals surface area contributed by atoms with Gasteiger partial charge in [0.05, 0.1) is 39.5 Å². The minimum Gasteiger partial charge on any atom is -0.493 e. The number of ether oxygens (including phenoxy) is 3. The molecule has 3 rings (SSSR count). The zero-order chi connectivity index (χ0) is 22.2. The molecule has 8 nitrogen and oxygen atoms in total. The Kier molecular flexibility index (Phi) is 7.05. The number of furan rings is 1. The van der Waals surface area contributed by atoms with Crippen LogP contribution in [0, 0.1) is 0 Å². The van der Waals surface area contributed by atoms with Crippen LogP contribution in [0.15, 0.2) is 64.1 Å². The van der Waals surface area contributed by atoms with Gasteiger partial charge >= 0.3 is 5.97 Å². The van der Waals surface area contributed by atoms with Crippen LogP contribution in [0.4, 0.5) is 0 Å². The third-order valence-electron chi connectivity index (χ3n) is 4.41. The molecule has 0 aliphatic carbocycles. The van der Waals surface area contributed by atoms with Crippen molar-refractivity contribution in [3.05, 3.63) is 71.5 Å². The molecule has 1 heterocycles. The molecule has 1 amide bonds. The Morgan fingerprint density at radius 3 is 2.39 bits per heavy atom. The molecule has 0 saturated heterocycles. The zero-order valence-corrected chi connectivity index (χ0v) is 17.4. The fourth-order valence-electron chi connectivity index (χ4n) is 2.85. The van der Waals surface area contributed by atoms with Crippen LogP contribution >= 0.6 is 0 Å². The lowest BCUT2D eigenvalue weighted by Crippen LogP contribution is -2.19. The van der Waals surface area contributed by atoms with Gasteiger partial charge in [-0.2, -0.15) is 5.10 Å². The number of benzene rings is 2. The Balaban J connectivity index is 1.57. The molecule has 2 aromatic carbocycles. The first-order valence-corrected chi connectivity index (χ1v) is 9.35. The quantitative estimate of drug-likeness (QED) is 0.339. The summed E-state index contributed by atoms with van der Waals surface area (Å²) in [5.41, 5.74) is 4.48. The maximum Gasteiger partial charge on any atom is 0.337 e. The van der Waals surface area contributed by atoms with Crippen LogP contribution in [0.5, 0.6) is 11.5 Å². The summed E-state index contributed by atoms with van der Waals surface area (Å²) in [6, 6.07) is 15.6. The SMILES string of the molecule is COC(=O)c1ccc(-c2ccc(/C=N\NC(=O)Cc3ccc(OC)c(OC)c3)o2)cc1. The van der Waals surface area contributed by atoms with Crippen LogP contribution in [0.3, 0.4) is 0 Å². The molecule has 1 aromatic heterocycles. The van der Waals surface area contributed by atoms with Crippen LogP contribution in [0.1, 0.15) is 21.7 Å². The first-order valence-electron chi connectivity index (χ1n) is 9.35. The van der Waals surface area contributed by atoms with E-state index in [4.69, 9.17) is 13.9 Å². The van der Waals surface area contributed by atoms with Gasteiger partial charge in [0.2, 0.25) is 5.91 Å². The molecule has 0 atom stereocenters. The van der Waals surface area contributed by atoms with Gasteiger partial charge in [-0.25, -0.2) is 10.2 Å². The predicted octanol–water partition coefficient (Wildman–Crippen LogP) is 3.44. The van der Waals surface area contributed by atoms with E-state index in [-0.39, 0.29) is 12.3 Å². The summed E-state index contributed by atoms with van der Waals surface area (Å²) < 4.78 is 20.8. The van der Waals surface area contributed by atoms with Gasteiger partial charge in [0.15, 0.2) is 11.5 Å². The minimum atomic E-state index is -0.400. The number of carbonyl (C=O) groups is 2. The molecule has 0 radical (unpaired) electrons. The lowest BCUT2D eigenvalue weighted by atomic mass is 10.1. The lowest BCUT2D eigenvalue weighted by molar-refractivity contribution is -0.120. The molecular formula is C23H22N2O6. The maximum atomic E-state index is 12.1. The number of hydrogen-bond donors (Lipinski definition) is 1. The number of esters is 1. The second-order valence-corrected chi connectivity index (χ2v) is 6.43. The minimum absolute atomic E-state index is 0.133. The number of amides is 1. The lowest BCUT2D eigenvalue weighted by Gasteiger charge is -2.09. The summed E-state index contributed by atoms with van der Waals surface area (Å²) >= 11 is 0. The number of hydrogen-bond acceptors (Lipinski definition) is 7. The Labute approximate surface area is 179 Å². The van der Waals surface area contributed by atoms with E-state index in [1.54, 1.807) is 61.7 Å². The third-order valence-corrected chi connectivity index (χ3v) is 4.41. The van der Waals surface area contributed by atoms with E-state index < -0.39 is 5.97 Å². The standard InChI is InChI=1S/C23H22N2O6/c1-28-20-10-4-15(12-21(20)29-2)13-22(26)25-24-14-18-9-11-19(31-18)16-5-7-17(8-6-16)23(27)30-3/h4-12,14H,13H2,1-3H3,(H,25,26)/b24-14-. The molecular weight excluding hydrogens is 400 g/mol. The van der Waals surface area contributed by atoms with Gasteiger partial charge in [-0.05, 0) is 42.0 Å². The topological polar surface area (TPSA) is 99.4 Å². The molecule has 0 aliphatic heterocycles. The van der Waals surface area contributed by atoms with E-state index >= 15 is 0 Å². The van der Waals surface area contributed by atoms with E-state index in [9.17, 15) is 9.59 Å². The van der Waals surface area contributed by atoms with Gasteiger partial charge < -0.3 is 18.6 Å². The number of methoxy groups -OCH3 is 3. The summed E-state index contributed by atoms with van der Waals surface area (Å²) in [6.07, 6.45) is 1.55. The Hall–Kier alpha value is -4.07. The number of nitrogens with zero attached hydrogens (tertiary/aromatic N) is 1. The second kappa shape index (κ2) is 10.1. The van der Waals surface area contributed by atoms with Crippen LogP contribution in [0.2, 0.25) is 0 Å². The highest BCUT2D eigenvalue weighted by molar-refractivity contribution is 5.90. The van der Waals surface area contributed by atoms with E-state index in [1.165, 1.54) is 20.4 Å². The molecule has 160 valence electrons. The number of hydrazone groups is 1. The van der Waals surface area contributed by atoms with Crippen molar-refractivity contribution in [1.29, 1.82) is 0 Å². The highest BCUT2D eigenvalue weighted by Gasteiger charge is 2.09. The van der Waals surface area contributed by atoms with E-state index in [2.05, 4.69) is 15.3 Å². The van der Waals surface area contributed by atoms with Crippen LogP contribution in [0.25, 0.3) is 11.3 Å². The van der Waals surface area contributed by atoms with Crippen molar-refractivity contribution in [2.45, 2.75) is 6.42 Å². The first-order chi connectivity index (χ1) is 15.0. The molecule has 3 aromatic rings. The molecule has 0 saturated carbocycles. The Morgan fingerprint density at radius 1 is 0.968 bits per heavy atom. The summed E-state index contributed by atoms with van der Waals surface area (Å²) in [4.78, 5) is 23.6. The van der Waals surface area contributed by atoms with Gasteiger partial charge in [0.1, 0.15) is 11.5 Å². The van der Waals surface area contributed by atoms with Crippen LogP contribution in [-0.4, -0.2) is 39.4 Å². The normalized spacial score (nSPS) is 10.7. The molecule has 0 bridgehead atoms. The maximum absolute atomic E-state index is 12.1. The number of rotatable bonds is 8. The van der Waals surface area contributed by atoms with Crippen molar-refractivity contribution in [3.8, 4) is 22.8 Å². The van der Waals surface area contributed by atoms with E-state index in [0.717, 1.165) is 11.1 Å². The Morgan fingerprint density at radius 2 is 1.71 bits per heavy atom. The zero-order valence-electron chi connectivity index (χ0n) is 17.4. The van der Waals surface area contributed by atoms with E-state index in [0.29, 0.717) is 28.6 Å². The third kappa shape index (κ3) is 5.51. The highest BCUT2D eigenvalue weighted by Crippen LogP contribution is 2.27. The average molecular weight is 422 g/mol. The predicted molar refractivity (Wildman–Crippen MR) is 114 cm³/mol. The van der Waals surface area contributed by atoms with Gasteiger partial charge in [-0.15, -0.1) is 0 Å². The van der Waals surface area contributed by atoms with E-state index in [1.807, 2.05) is 0 Å². The van der Waals surface area contributed by atoms with Crippen molar-refractivity contribution < 1.29 is 28.2 Å². The van der Waals surface area contributed by atoms with Crippen molar-refractivity contribution in [2.75, 3.05) is 21.3 Å². The van der Waals surface area contributed by atoms with Gasteiger partial charge in [-0.3, -0.25) is 4.79 Å². The van der Waals surface area contributed by atoms with Crippen LogP contribution < -0.4 is 14.9 Å². The van der Waals surface area contributed by atoms with Crippen molar-refractivity contribution in [1.82, 2.24) is 5.43 Å². The number of nitrogens with one attached hydrogen (secondary N) is 1. The van der Waals surface area contributed by atoms with Gasteiger partial charge in [0, 0.05) is 5.56 Å². The van der Waals surface area contributed by atoms with Crippen LogP contribution in [-0.2, 0) is 16.0 Å². The molecule has 31 heavy (non-hydrogen) atoms. The number of carbonyl (C=O) groups excluding carboxylic acids is 2. The van der Waals surface area contributed by atoms with Crippen molar-refractivity contribution in [3.63, 3.8) is 0 Å². The summed E-state index contributed by atoms with van der Waals surface area (Å²) in [5, 5.41) is 3.93. The second-order valence-electron chi connectivity index (χ2n) is 6.43.